The van der Waals surface area contributed by atoms with Crippen molar-refractivity contribution in [1.82, 2.24) is 0 Å². The summed E-state index contributed by atoms with van der Waals surface area (Å²) in [5.74, 6) is -2.07. The van der Waals surface area contributed by atoms with Crippen LogP contribution in [0, 0.1) is 29.9 Å². The van der Waals surface area contributed by atoms with Crippen LogP contribution in [0.2, 0.25) is 5.02 Å². The number of nitriles is 1. The molecule has 0 saturated heterocycles. The van der Waals surface area contributed by atoms with Crippen molar-refractivity contribution in [2.45, 2.75) is 6.92 Å². The van der Waals surface area contributed by atoms with Crippen LogP contribution in [0.1, 0.15) is 11.1 Å². The van der Waals surface area contributed by atoms with Crippen LogP contribution in [0.4, 0.5) is 14.5 Å². The van der Waals surface area contributed by atoms with Crippen LogP contribution >= 0.6 is 11.6 Å². The molecule has 2 aromatic rings. The normalized spacial score (nSPS) is 11.0. The lowest BCUT2D eigenvalue weighted by atomic mass is 10.1. The smallest absolute Gasteiger partial charge is 0.266 e. The number of hydrogen-bond acceptors (Lipinski definition) is 3. The van der Waals surface area contributed by atoms with E-state index in [-0.39, 0.29) is 11.1 Å². The molecule has 0 aliphatic rings. The van der Waals surface area contributed by atoms with Gasteiger partial charge in [0.2, 0.25) is 0 Å². The lowest BCUT2D eigenvalue weighted by Gasteiger charge is -2.12. The Bertz CT molecular complexity index is 905. The molecule has 0 spiro atoms. The molecule has 2 rings (SSSR count). The summed E-state index contributed by atoms with van der Waals surface area (Å²) in [4.78, 5) is 12.3. The van der Waals surface area contributed by atoms with Crippen molar-refractivity contribution in [3.63, 3.8) is 0 Å². The number of nitrogens with one attached hydrogen (secondary N) is 1. The Hall–Kier alpha value is -2.91. The fraction of sp³-hybridized carbons (Fsp3) is 0.111. The number of carbonyl (C=O) groups is 1. The minimum absolute atomic E-state index is 0.0765. The summed E-state index contributed by atoms with van der Waals surface area (Å²) in [6.45, 7) is 1.74. The molecule has 2 aromatic carbocycles. The zero-order valence-corrected chi connectivity index (χ0v) is 14.1. The zero-order valence-electron chi connectivity index (χ0n) is 13.4. The SMILES string of the molecule is COc1cc(Cl)c(C)cc1NC(=O)/C(C#N)=C/c1ccc(F)cc1F. The highest BCUT2D eigenvalue weighted by Crippen LogP contribution is 2.31. The minimum atomic E-state index is -0.875. The number of anilines is 1. The Kier molecular flexibility index (Phi) is 5.73. The molecule has 0 fully saturated rings. The standard InChI is InChI=1S/C18H13ClF2N2O2/c1-10-5-16(17(25-2)8-14(10)19)23-18(24)12(9-22)6-11-3-4-13(20)7-15(11)21/h3-8H,1-2H3,(H,23,24)/b12-6+. The van der Waals surface area contributed by atoms with Gasteiger partial charge in [-0.15, -0.1) is 0 Å². The molecule has 0 heterocycles. The van der Waals surface area contributed by atoms with Crippen molar-refractivity contribution < 1.29 is 18.3 Å². The van der Waals surface area contributed by atoms with Gasteiger partial charge in [0, 0.05) is 22.7 Å². The Morgan fingerprint density at radius 2 is 2.04 bits per heavy atom. The van der Waals surface area contributed by atoms with Crippen LogP contribution in [-0.4, -0.2) is 13.0 Å². The molecule has 0 aliphatic carbocycles. The first-order valence-corrected chi connectivity index (χ1v) is 7.46. The first-order valence-electron chi connectivity index (χ1n) is 7.08. The topological polar surface area (TPSA) is 62.1 Å². The summed E-state index contributed by atoms with van der Waals surface area (Å²) >= 11 is 6.00. The van der Waals surface area contributed by atoms with Gasteiger partial charge < -0.3 is 10.1 Å². The van der Waals surface area contributed by atoms with E-state index in [9.17, 15) is 18.8 Å². The molecule has 7 heteroatoms. The largest absolute Gasteiger partial charge is 0.495 e. The van der Waals surface area contributed by atoms with Gasteiger partial charge in [0.15, 0.2) is 0 Å². The van der Waals surface area contributed by atoms with Crippen molar-refractivity contribution in [2.75, 3.05) is 12.4 Å². The van der Waals surface area contributed by atoms with E-state index in [1.807, 2.05) is 0 Å². The molecule has 0 radical (unpaired) electrons. The van der Waals surface area contributed by atoms with Crippen LogP contribution < -0.4 is 10.1 Å². The highest BCUT2D eigenvalue weighted by atomic mass is 35.5. The van der Waals surface area contributed by atoms with Crippen LogP contribution in [-0.2, 0) is 4.79 Å². The number of benzene rings is 2. The summed E-state index contributed by atoms with van der Waals surface area (Å²) in [7, 11) is 1.41. The molecule has 0 aromatic heterocycles. The second kappa shape index (κ2) is 7.77. The maximum atomic E-state index is 13.7. The van der Waals surface area contributed by atoms with Gasteiger partial charge in [0.05, 0.1) is 12.8 Å². The average Bonchev–Trinajstić information content (AvgIpc) is 2.57. The van der Waals surface area contributed by atoms with Gasteiger partial charge >= 0.3 is 0 Å². The maximum Gasteiger partial charge on any atom is 0.266 e. The van der Waals surface area contributed by atoms with Gasteiger partial charge in [-0.25, -0.2) is 8.78 Å². The third-order valence-corrected chi connectivity index (χ3v) is 3.76. The second-order valence-corrected chi connectivity index (χ2v) is 5.50. The van der Waals surface area contributed by atoms with Gasteiger partial charge in [-0.3, -0.25) is 4.79 Å². The van der Waals surface area contributed by atoms with E-state index in [1.165, 1.54) is 13.2 Å². The first kappa shape index (κ1) is 18.4. The molecule has 0 atom stereocenters. The highest BCUT2D eigenvalue weighted by Gasteiger charge is 2.15. The predicted octanol–water partition coefficient (Wildman–Crippen LogP) is 4.48. The Labute approximate surface area is 148 Å². The van der Waals surface area contributed by atoms with E-state index in [1.54, 1.807) is 19.1 Å². The third-order valence-electron chi connectivity index (χ3n) is 3.36. The molecule has 128 valence electrons. The Morgan fingerprint density at radius 3 is 2.64 bits per heavy atom. The fourth-order valence-electron chi connectivity index (χ4n) is 2.04. The number of carbonyl (C=O) groups excluding carboxylic acids is 1. The van der Waals surface area contributed by atoms with E-state index in [2.05, 4.69) is 5.32 Å². The third kappa shape index (κ3) is 4.34. The lowest BCUT2D eigenvalue weighted by Crippen LogP contribution is -2.14. The second-order valence-electron chi connectivity index (χ2n) is 5.09. The summed E-state index contributed by atoms with van der Waals surface area (Å²) in [5.41, 5.74) is 0.590. The zero-order chi connectivity index (χ0) is 18.6. The van der Waals surface area contributed by atoms with E-state index in [0.29, 0.717) is 28.1 Å². The van der Waals surface area contributed by atoms with E-state index >= 15 is 0 Å². The molecule has 0 unspecified atom stereocenters. The van der Waals surface area contributed by atoms with Crippen LogP contribution in [0.3, 0.4) is 0 Å². The van der Waals surface area contributed by atoms with Gasteiger partial charge in [0.25, 0.3) is 5.91 Å². The predicted molar refractivity (Wildman–Crippen MR) is 91.3 cm³/mol. The Morgan fingerprint density at radius 1 is 1.32 bits per heavy atom. The quantitative estimate of drug-likeness (QED) is 0.644. The van der Waals surface area contributed by atoms with Crippen molar-refractivity contribution >= 4 is 29.3 Å². The molecule has 1 N–H and O–H groups in total. The lowest BCUT2D eigenvalue weighted by molar-refractivity contribution is -0.112. The average molecular weight is 363 g/mol. The molecule has 0 saturated carbocycles. The van der Waals surface area contributed by atoms with Gasteiger partial charge in [-0.2, -0.15) is 5.26 Å². The summed E-state index contributed by atoms with van der Waals surface area (Å²) in [6, 6.07) is 7.66. The number of nitrogens with zero attached hydrogens (tertiary/aromatic N) is 1. The molecular formula is C18H13ClF2N2O2. The van der Waals surface area contributed by atoms with E-state index in [0.717, 1.165) is 18.2 Å². The van der Waals surface area contributed by atoms with E-state index in [4.69, 9.17) is 16.3 Å². The maximum absolute atomic E-state index is 13.7. The highest BCUT2D eigenvalue weighted by molar-refractivity contribution is 6.31. The number of ether oxygens (including phenoxy) is 1. The minimum Gasteiger partial charge on any atom is -0.495 e. The number of halogens is 3. The monoisotopic (exact) mass is 362 g/mol. The molecule has 0 bridgehead atoms. The first-order chi connectivity index (χ1) is 11.8. The van der Waals surface area contributed by atoms with E-state index < -0.39 is 17.5 Å². The summed E-state index contributed by atoms with van der Waals surface area (Å²) < 4.78 is 31.8. The number of amides is 1. The number of methoxy groups -OCH3 is 1. The number of hydrogen-bond donors (Lipinski definition) is 1. The molecule has 25 heavy (non-hydrogen) atoms. The fourth-order valence-corrected chi connectivity index (χ4v) is 2.20. The van der Waals surface area contributed by atoms with Crippen LogP contribution in [0.15, 0.2) is 35.9 Å². The summed E-state index contributed by atoms with van der Waals surface area (Å²) in [5, 5.41) is 12.2. The van der Waals surface area contributed by atoms with Gasteiger partial charge in [-0.05, 0) is 36.8 Å². The molecular weight excluding hydrogens is 350 g/mol. The number of rotatable bonds is 4. The van der Waals surface area contributed by atoms with Crippen molar-refractivity contribution in [3.8, 4) is 11.8 Å². The van der Waals surface area contributed by atoms with Crippen molar-refractivity contribution in [2.24, 2.45) is 0 Å². The van der Waals surface area contributed by atoms with Crippen molar-refractivity contribution in [1.29, 1.82) is 5.26 Å². The summed E-state index contributed by atoms with van der Waals surface area (Å²) in [6.07, 6.45) is 1.04. The molecule has 0 aliphatic heterocycles. The van der Waals surface area contributed by atoms with Gasteiger partial charge in [-0.1, -0.05) is 11.6 Å². The molecule has 4 nitrogen and oxygen atoms in total. The van der Waals surface area contributed by atoms with Gasteiger partial charge in [0.1, 0.15) is 29.0 Å². The van der Waals surface area contributed by atoms with Crippen LogP contribution in [0.25, 0.3) is 6.08 Å². The Balaban J connectivity index is 2.34. The number of aryl methyl sites for hydroxylation is 1. The molecule has 1 amide bonds. The van der Waals surface area contributed by atoms with Crippen molar-refractivity contribution in [3.05, 3.63) is 63.7 Å². The van der Waals surface area contributed by atoms with Crippen LogP contribution in [0.5, 0.6) is 5.75 Å².